The fourth-order valence-corrected chi connectivity index (χ4v) is 1.68. The standard InChI is InChI=1S/C13H14N2O6/c1-7-14-11(15-21-7)6-20-12-9(18-2)4-8(13(16)17)5-10(12)19-3/h4-5H,6H2,1-3H3,(H,16,17). The van der Waals surface area contributed by atoms with Gasteiger partial charge in [-0.3, -0.25) is 0 Å². The first-order valence-electron chi connectivity index (χ1n) is 5.96. The van der Waals surface area contributed by atoms with Crippen LogP contribution in [0.1, 0.15) is 22.1 Å². The summed E-state index contributed by atoms with van der Waals surface area (Å²) in [6.07, 6.45) is 0. The second kappa shape index (κ2) is 6.12. The number of ether oxygens (including phenoxy) is 3. The molecule has 1 aromatic heterocycles. The molecule has 0 aliphatic rings. The molecule has 1 heterocycles. The minimum atomic E-state index is -1.09. The summed E-state index contributed by atoms with van der Waals surface area (Å²) in [5, 5.41) is 12.7. The van der Waals surface area contributed by atoms with Gasteiger partial charge in [-0.15, -0.1) is 0 Å². The van der Waals surface area contributed by atoms with Crippen molar-refractivity contribution in [1.82, 2.24) is 10.1 Å². The molecule has 1 N–H and O–H groups in total. The van der Waals surface area contributed by atoms with Gasteiger partial charge in [0, 0.05) is 6.92 Å². The van der Waals surface area contributed by atoms with Gasteiger partial charge in [-0.1, -0.05) is 5.16 Å². The Balaban J connectivity index is 2.30. The molecular weight excluding hydrogens is 280 g/mol. The lowest BCUT2D eigenvalue weighted by molar-refractivity contribution is 0.0696. The number of carboxylic acids is 1. The van der Waals surface area contributed by atoms with Crippen molar-refractivity contribution in [2.24, 2.45) is 0 Å². The Morgan fingerprint density at radius 1 is 1.29 bits per heavy atom. The van der Waals surface area contributed by atoms with Gasteiger partial charge >= 0.3 is 5.97 Å². The maximum absolute atomic E-state index is 11.0. The summed E-state index contributed by atoms with van der Waals surface area (Å²) in [6, 6.07) is 2.70. The molecule has 112 valence electrons. The third-order valence-corrected chi connectivity index (χ3v) is 2.62. The lowest BCUT2D eigenvalue weighted by Crippen LogP contribution is -2.04. The molecule has 0 spiro atoms. The Bertz CT molecular complexity index is 627. The van der Waals surface area contributed by atoms with E-state index < -0.39 is 5.97 Å². The monoisotopic (exact) mass is 294 g/mol. The average Bonchev–Trinajstić information content (AvgIpc) is 2.89. The summed E-state index contributed by atoms with van der Waals surface area (Å²) < 4.78 is 20.7. The largest absolute Gasteiger partial charge is 0.493 e. The van der Waals surface area contributed by atoms with Crippen molar-refractivity contribution < 1.29 is 28.6 Å². The number of methoxy groups -OCH3 is 2. The number of aromatic carboxylic acids is 1. The smallest absolute Gasteiger partial charge is 0.335 e. The van der Waals surface area contributed by atoms with E-state index in [-0.39, 0.29) is 29.4 Å². The highest BCUT2D eigenvalue weighted by atomic mass is 16.5. The van der Waals surface area contributed by atoms with Crippen LogP contribution in [-0.4, -0.2) is 35.4 Å². The molecule has 1 aromatic carbocycles. The van der Waals surface area contributed by atoms with E-state index in [1.807, 2.05) is 0 Å². The van der Waals surface area contributed by atoms with Crippen molar-refractivity contribution in [3.63, 3.8) is 0 Å². The zero-order chi connectivity index (χ0) is 15.4. The van der Waals surface area contributed by atoms with Crippen LogP contribution in [-0.2, 0) is 6.61 Å². The van der Waals surface area contributed by atoms with Gasteiger partial charge in [0.15, 0.2) is 18.1 Å². The number of nitrogens with zero attached hydrogens (tertiary/aromatic N) is 2. The SMILES string of the molecule is COc1cc(C(=O)O)cc(OC)c1OCc1noc(C)n1. The van der Waals surface area contributed by atoms with Crippen LogP contribution in [0.5, 0.6) is 17.2 Å². The Morgan fingerprint density at radius 3 is 2.33 bits per heavy atom. The number of carboxylic acid groups (broad SMARTS) is 1. The molecule has 21 heavy (non-hydrogen) atoms. The molecule has 0 saturated carbocycles. The maximum Gasteiger partial charge on any atom is 0.335 e. The molecule has 2 rings (SSSR count). The number of rotatable bonds is 6. The van der Waals surface area contributed by atoms with E-state index in [0.29, 0.717) is 11.7 Å². The van der Waals surface area contributed by atoms with E-state index in [2.05, 4.69) is 10.1 Å². The molecule has 8 nitrogen and oxygen atoms in total. The zero-order valence-electron chi connectivity index (χ0n) is 11.7. The van der Waals surface area contributed by atoms with E-state index in [0.717, 1.165) is 0 Å². The normalized spacial score (nSPS) is 10.2. The summed E-state index contributed by atoms with van der Waals surface area (Å²) in [5.74, 6) is 0.450. The fraction of sp³-hybridized carbons (Fsp3) is 0.308. The summed E-state index contributed by atoms with van der Waals surface area (Å²) in [5.41, 5.74) is 0.0338. The topological polar surface area (TPSA) is 104 Å². The summed E-state index contributed by atoms with van der Waals surface area (Å²) in [6.45, 7) is 1.70. The van der Waals surface area contributed by atoms with Crippen LogP contribution < -0.4 is 14.2 Å². The van der Waals surface area contributed by atoms with Gasteiger partial charge in [0.2, 0.25) is 17.5 Å². The highest BCUT2D eigenvalue weighted by molar-refractivity contribution is 5.89. The molecule has 0 bridgehead atoms. The Morgan fingerprint density at radius 2 is 1.90 bits per heavy atom. The van der Waals surface area contributed by atoms with E-state index in [1.54, 1.807) is 6.92 Å². The van der Waals surface area contributed by atoms with Gasteiger partial charge in [0.25, 0.3) is 0 Å². The minimum absolute atomic E-state index is 0.0338. The highest BCUT2D eigenvalue weighted by Crippen LogP contribution is 2.38. The van der Waals surface area contributed by atoms with Gasteiger partial charge in [0.1, 0.15) is 0 Å². The van der Waals surface area contributed by atoms with Crippen LogP contribution >= 0.6 is 0 Å². The van der Waals surface area contributed by atoms with Gasteiger partial charge in [-0.2, -0.15) is 4.98 Å². The van der Waals surface area contributed by atoms with Crippen LogP contribution in [0.2, 0.25) is 0 Å². The van der Waals surface area contributed by atoms with Crippen molar-refractivity contribution in [3.05, 3.63) is 29.4 Å². The molecule has 0 radical (unpaired) electrons. The molecule has 0 saturated heterocycles. The first-order chi connectivity index (χ1) is 10.0. The first kappa shape index (κ1) is 14.6. The molecule has 0 amide bonds. The van der Waals surface area contributed by atoms with Gasteiger partial charge in [0.05, 0.1) is 19.8 Å². The lowest BCUT2D eigenvalue weighted by Gasteiger charge is -2.14. The van der Waals surface area contributed by atoms with Crippen molar-refractivity contribution in [2.75, 3.05) is 14.2 Å². The van der Waals surface area contributed by atoms with E-state index >= 15 is 0 Å². The molecule has 0 aliphatic carbocycles. The fourth-order valence-electron chi connectivity index (χ4n) is 1.68. The van der Waals surface area contributed by atoms with Crippen LogP contribution in [0.25, 0.3) is 0 Å². The Kier molecular flexibility index (Phi) is 4.27. The molecule has 8 heteroatoms. The second-order valence-electron chi connectivity index (χ2n) is 4.03. The molecular formula is C13H14N2O6. The lowest BCUT2D eigenvalue weighted by atomic mass is 10.2. The van der Waals surface area contributed by atoms with Crippen molar-refractivity contribution in [1.29, 1.82) is 0 Å². The summed E-state index contributed by atoms with van der Waals surface area (Å²) in [7, 11) is 2.82. The molecule has 2 aromatic rings. The number of hydrogen-bond donors (Lipinski definition) is 1. The zero-order valence-corrected chi connectivity index (χ0v) is 11.7. The van der Waals surface area contributed by atoms with Crippen molar-refractivity contribution in [3.8, 4) is 17.2 Å². The quantitative estimate of drug-likeness (QED) is 0.858. The maximum atomic E-state index is 11.0. The van der Waals surface area contributed by atoms with E-state index in [4.69, 9.17) is 23.8 Å². The van der Waals surface area contributed by atoms with Crippen LogP contribution in [0.3, 0.4) is 0 Å². The minimum Gasteiger partial charge on any atom is -0.493 e. The Labute approximate surface area is 120 Å². The third kappa shape index (κ3) is 3.22. The van der Waals surface area contributed by atoms with Crippen LogP contribution in [0, 0.1) is 6.92 Å². The molecule has 0 fully saturated rings. The third-order valence-electron chi connectivity index (χ3n) is 2.62. The van der Waals surface area contributed by atoms with E-state index in [9.17, 15) is 4.79 Å². The first-order valence-corrected chi connectivity index (χ1v) is 5.96. The second-order valence-corrected chi connectivity index (χ2v) is 4.03. The van der Waals surface area contributed by atoms with Crippen LogP contribution in [0.15, 0.2) is 16.7 Å². The van der Waals surface area contributed by atoms with E-state index in [1.165, 1.54) is 26.4 Å². The predicted molar refractivity (Wildman–Crippen MR) is 69.9 cm³/mol. The molecule has 0 unspecified atom stereocenters. The molecule has 0 aliphatic heterocycles. The highest BCUT2D eigenvalue weighted by Gasteiger charge is 2.18. The van der Waals surface area contributed by atoms with Crippen molar-refractivity contribution >= 4 is 5.97 Å². The Hall–Kier alpha value is -2.77. The number of benzene rings is 1. The van der Waals surface area contributed by atoms with Gasteiger partial charge in [-0.25, -0.2) is 4.79 Å². The van der Waals surface area contributed by atoms with Gasteiger partial charge < -0.3 is 23.8 Å². The average molecular weight is 294 g/mol. The van der Waals surface area contributed by atoms with Gasteiger partial charge in [-0.05, 0) is 12.1 Å². The number of aryl methyl sites for hydroxylation is 1. The summed E-state index contributed by atoms with van der Waals surface area (Å²) in [4.78, 5) is 15.1. The number of carbonyl (C=O) groups is 1. The summed E-state index contributed by atoms with van der Waals surface area (Å²) >= 11 is 0. The van der Waals surface area contributed by atoms with Crippen molar-refractivity contribution in [2.45, 2.75) is 13.5 Å². The van der Waals surface area contributed by atoms with Crippen LogP contribution in [0.4, 0.5) is 0 Å². The predicted octanol–water partition coefficient (Wildman–Crippen LogP) is 1.67. The number of hydrogen-bond acceptors (Lipinski definition) is 7. The number of aromatic nitrogens is 2. The molecule has 0 atom stereocenters.